The van der Waals surface area contributed by atoms with Gasteiger partial charge in [0, 0.05) is 13.5 Å². The number of Topliss-reactive ketones (excluding diaryl/α,β-unsaturated/α-hetero) is 1. The molecule has 5 nitrogen and oxygen atoms in total. The molecule has 0 aromatic carbocycles. The van der Waals surface area contributed by atoms with Crippen molar-refractivity contribution in [3.8, 4) is 0 Å². The van der Waals surface area contributed by atoms with E-state index in [0.29, 0.717) is 12.5 Å². The maximum atomic E-state index is 10.9. The molecule has 0 bridgehead atoms. The van der Waals surface area contributed by atoms with Gasteiger partial charge in [0.25, 0.3) is 0 Å². The zero-order valence-electron chi connectivity index (χ0n) is 7.32. The summed E-state index contributed by atoms with van der Waals surface area (Å²) in [5, 5.41) is 3.57. The molecule has 0 N–H and O–H groups in total. The predicted octanol–water partition coefficient (Wildman–Crippen LogP) is 0.776. The summed E-state index contributed by atoms with van der Waals surface area (Å²) in [7, 11) is 0. The summed E-state index contributed by atoms with van der Waals surface area (Å²) in [6.45, 7) is 2.75. The first-order valence-electron chi connectivity index (χ1n) is 4.19. The molecule has 5 heteroatoms. The SMILES string of the molecule is CC(=O)c1noc(C2CCOC2)n1. The number of hydrogen-bond acceptors (Lipinski definition) is 5. The van der Waals surface area contributed by atoms with Crippen molar-refractivity contribution in [1.82, 2.24) is 10.1 Å². The van der Waals surface area contributed by atoms with Crippen LogP contribution >= 0.6 is 0 Å². The van der Waals surface area contributed by atoms with Gasteiger partial charge in [-0.3, -0.25) is 4.79 Å². The number of aromatic nitrogens is 2. The van der Waals surface area contributed by atoms with E-state index < -0.39 is 0 Å². The topological polar surface area (TPSA) is 65.2 Å². The first-order chi connectivity index (χ1) is 6.27. The van der Waals surface area contributed by atoms with E-state index in [1.54, 1.807) is 0 Å². The lowest BCUT2D eigenvalue weighted by molar-refractivity contribution is 0.100. The van der Waals surface area contributed by atoms with Crippen molar-refractivity contribution in [3.63, 3.8) is 0 Å². The number of carbonyl (C=O) groups excluding carboxylic acids is 1. The maximum Gasteiger partial charge on any atom is 0.238 e. The Labute approximate surface area is 75.1 Å². The van der Waals surface area contributed by atoms with Gasteiger partial charge in [0.15, 0.2) is 0 Å². The van der Waals surface area contributed by atoms with Gasteiger partial charge in [-0.2, -0.15) is 4.98 Å². The molecule has 1 atom stereocenters. The molecule has 70 valence electrons. The minimum atomic E-state index is -0.172. The third kappa shape index (κ3) is 1.60. The third-order valence-corrected chi connectivity index (χ3v) is 2.04. The first-order valence-corrected chi connectivity index (χ1v) is 4.19. The largest absolute Gasteiger partial charge is 0.381 e. The van der Waals surface area contributed by atoms with Crippen LogP contribution in [0.3, 0.4) is 0 Å². The fraction of sp³-hybridized carbons (Fsp3) is 0.625. The Balaban J connectivity index is 2.16. The number of hydrogen-bond donors (Lipinski definition) is 0. The summed E-state index contributed by atoms with van der Waals surface area (Å²) >= 11 is 0. The summed E-state index contributed by atoms with van der Waals surface area (Å²) in [4.78, 5) is 14.8. The van der Waals surface area contributed by atoms with Gasteiger partial charge in [-0.25, -0.2) is 0 Å². The molecule has 1 aliphatic heterocycles. The molecule has 1 fully saturated rings. The maximum absolute atomic E-state index is 10.9. The smallest absolute Gasteiger partial charge is 0.238 e. The van der Waals surface area contributed by atoms with Crippen LogP contribution in [-0.2, 0) is 4.74 Å². The van der Waals surface area contributed by atoms with Gasteiger partial charge in [0.2, 0.25) is 17.5 Å². The lowest BCUT2D eigenvalue weighted by Crippen LogP contribution is -1.99. The van der Waals surface area contributed by atoms with E-state index in [-0.39, 0.29) is 17.5 Å². The van der Waals surface area contributed by atoms with Gasteiger partial charge in [0.05, 0.1) is 12.5 Å². The molecular weight excluding hydrogens is 172 g/mol. The lowest BCUT2D eigenvalue weighted by atomic mass is 10.1. The fourth-order valence-electron chi connectivity index (χ4n) is 1.27. The summed E-state index contributed by atoms with van der Waals surface area (Å²) in [6.07, 6.45) is 0.888. The van der Waals surface area contributed by atoms with Crippen LogP contribution in [0.5, 0.6) is 0 Å². The molecule has 0 spiro atoms. The minimum Gasteiger partial charge on any atom is -0.381 e. The van der Waals surface area contributed by atoms with Gasteiger partial charge in [0.1, 0.15) is 0 Å². The van der Waals surface area contributed by atoms with E-state index in [9.17, 15) is 4.79 Å². The Morgan fingerprint density at radius 2 is 2.46 bits per heavy atom. The van der Waals surface area contributed by atoms with Gasteiger partial charge >= 0.3 is 0 Å². The zero-order chi connectivity index (χ0) is 9.26. The van der Waals surface area contributed by atoms with Crippen LogP contribution in [0.15, 0.2) is 4.52 Å². The number of ether oxygens (including phenoxy) is 1. The standard InChI is InChI=1S/C8H10N2O3/c1-5(11)7-9-8(13-10-7)6-2-3-12-4-6/h6H,2-4H2,1H3. The van der Waals surface area contributed by atoms with E-state index in [1.165, 1.54) is 6.92 Å². The summed E-state index contributed by atoms with van der Waals surface area (Å²) in [6, 6.07) is 0. The van der Waals surface area contributed by atoms with Crippen LogP contribution in [0.4, 0.5) is 0 Å². The number of rotatable bonds is 2. The zero-order valence-corrected chi connectivity index (χ0v) is 7.32. The van der Waals surface area contributed by atoms with Crippen LogP contribution < -0.4 is 0 Å². The van der Waals surface area contributed by atoms with Crippen molar-refractivity contribution in [1.29, 1.82) is 0 Å². The molecule has 1 aromatic rings. The Morgan fingerprint density at radius 3 is 3.00 bits per heavy atom. The Kier molecular flexibility index (Phi) is 2.10. The molecule has 2 rings (SSSR count). The molecule has 1 saturated heterocycles. The Bertz CT molecular complexity index is 315. The van der Waals surface area contributed by atoms with Gasteiger partial charge in [-0.15, -0.1) is 0 Å². The van der Waals surface area contributed by atoms with Crippen molar-refractivity contribution in [2.75, 3.05) is 13.2 Å². The first kappa shape index (κ1) is 8.37. The Hall–Kier alpha value is -1.23. The summed E-state index contributed by atoms with van der Waals surface area (Å²) in [5.41, 5.74) is 0. The normalized spacial score (nSPS) is 22.1. The average molecular weight is 182 g/mol. The van der Waals surface area contributed by atoms with Crippen molar-refractivity contribution >= 4 is 5.78 Å². The van der Waals surface area contributed by atoms with Gasteiger partial charge in [-0.05, 0) is 6.42 Å². The second kappa shape index (κ2) is 3.26. The van der Waals surface area contributed by atoms with Crippen LogP contribution in [0.1, 0.15) is 35.8 Å². The number of carbonyl (C=O) groups is 1. The molecule has 0 aliphatic carbocycles. The van der Waals surface area contributed by atoms with E-state index in [0.717, 1.165) is 13.0 Å². The van der Waals surface area contributed by atoms with Crippen LogP contribution in [0, 0.1) is 0 Å². The van der Waals surface area contributed by atoms with E-state index in [2.05, 4.69) is 10.1 Å². The van der Waals surface area contributed by atoms with Crippen LogP contribution in [-0.4, -0.2) is 29.1 Å². The molecule has 0 saturated carbocycles. The van der Waals surface area contributed by atoms with Crippen molar-refractivity contribution < 1.29 is 14.1 Å². The van der Waals surface area contributed by atoms with Crippen molar-refractivity contribution in [2.45, 2.75) is 19.3 Å². The minimum absolute atomic E-state index is 0.155. The molecule has 13 heavy (non-hydrogen) atoms. The van der Waals surface area contributed by atoms with E-state index in [1.807, 2.05) is 0 Å². The van der Waals surface area contributed by atoms with Crippen LogP contribution in [0.25, 0.3) is 0 Å². The molecular formula is C8H10N2O3. The molecule has 2 heterocycles. The summed E-state index contributed by atoms with van der Waals surface area (Å²) < 4.78 is 10.1. The Morgan fingerprint density at radius 1 is 1.62 bits per heavy atom. The van der Waals surface area contributed by atoms with Gasteiger partial charge in [-0.1, -0.05) is 5.16 Å². The highest BCUT2D eigenvalue weighted by Crippen LogP contribution is 2.23. The average Bonchev–Trinajstić information content (AvgIpc) is 2.75. The lowest BCUT2D eigenvalue weighted by Gasteiger charge is -1.96. The summed E-state index contributed by atoms with van der Waals surface area (Å²) in [5.74, 6) is 0.666. The highest BCUT2D eigenvalue weighted by molar-refractivity contribution is 5.89. The van der Waals surface area contributed by atoms with Gasteiger partial charge < -0.3 is 9.26 Å². The van der Waals surface area contributed by atoms with Crippen molar-refractivity contribution in [2.24, 2.45) is 0 Å². The highest BCUT2D eigenvalue weighted by atomic mass is 16.5. The highest BCUT2D eigenvalue weighted by Gasteiger charge is 2.24. The van der Waals surface area contributed by atoms with Crippen molar-refractivity contribution in [3.05, 3.63) is 11.7 Å². The molecule has 0 radical (unpaired) electrons. The third-order valence-electron chi connectivity index (χ3n) is 2.04. The predicted molar refractivity (Wildman–Crippen MR) is 42.5 cm³/mol. The monoisotopic (exact) mass is 182 g/mol. The van der Waals surface area contributed by atoms with E-state index >= 15 is 0 Å². The van der Waals surface area contributed by atoms with E-state index in [4.69, 9.17) is 9.26 Å². The quantitative estimate of drug-likeness (QED) is 0.632. The molecule has 1 aliphatic rings. The number of nitrogens with zero attached hydrogens (tertiary/aromatic N) is 2. The second-order valence-electron chi connectivity index (χ2n) is 3.07. The van der Waals surface area contributed by atoms with Crippen LogP contribution in [0.2, 0.25) is 0 Å². The second-order valence-corrected chi connectivity index (χ2v) is 3.07. The number of ketones is 1. The fourth-order valence-corrected chi connectivity index (χ4v) is 1.27. The molecule has 1 aromatic heterocycles. The molecule has 1 unspecified atom stereocenters. The molecule has 0 amide bonds.